The van der Waals surface area contributed by atoms with Crippen LogP contribution in [-0.4, -0.2) is 51.8 Å². The largest absolute Gasteiger partial charge is 0.497 e. The third-order valence-corrected chi connectivity index (χ3v) is 6.18. The van der Waals surface area contributed by atoms with E-state index in [9.17, 15) is 0 Å². The lowest BCUT2D eigenvalue weighted by Crippen LogP contribution is -2.57. The average molecular weight is 563 g/mol. The molecule has 1 heterocycles. The summed E-state index contributed by atoms with van der Waals surface area (Å²) in [7, 11) is 6.49. The number of hydrogen-bond acceptors (Lipinski definition) is 8. The number of methoxy groups -OCH3 is 4. The highest BCUT2D eigenvalue weighted by atomic mass is 16.5. The normalized spacial score (nSPS) is 16.7. The summed E-state index contributed by atoms with van der Waals surface area (Å²) in [6.45, 7) is 0. The minimum absolute atomic E-state index is 0.455. The number of benzene rings is 4. The Morgan fingerprint density at radius 1 is 0.333 bits per heavy atom. The second-order valence-corrected chi connectivity index (χ2v) is 8.88. The smallest absolute Gasteiger partial charge is 0.175 e. The molecule has 42 heavy (non-hydrogen) atoms. The number of ether oxygens (including phenoxy) is 4. The molecule has 0 aliphatic carbocycles. The number of hydrogen-bond donors (Lipinski definition) is 2. The molecule has 5 rings (SSSR count). The van der Waals surface area contributed by atoms with Crippen molar-refractivity contribution in [2.75, 3.05) is 28.4 Å². The molecular formula is C32H30N6O4. The Morgan fingerprint density at radius 2 is 0.524 bits per heavy atom. The van der Waals surface area contributed by atoms with E-state index in [0.29, 0.717) is 46.1 Å². The van der Waals surface area contributed by atoms with E-state index in [1.807, 2.05) is 97.1 Å². The molecule has 4 aromatic rings. The first-order valence-electron chi connectivity index (χ1n) is 13.0. The van der Waals surface area contributed by atoms with Crippen molar-refractivity contribution in [3.05, 3.63) is 97.1 Å². The number of nitrogens with one attached hydrogen (secondary N) is 2. The van der Waals surface area contributed by atoms with E-state index < -0.39 is 0 Å². The van der Waals surface area contributed by atoms with E-state index in [0.717, 1.165) is 23.0 Å². The van der Waals surface area contributed by atoms with Crippen molar-refractivity contribution in [3.8, 4) is 23.0 Å². The maximum absolute atomic E-state index is 5.30. The van der Waals surface area contributed by atoms with Crippen LogP contribution in [0.25, 0.3) is 0 Å². The van der Waals surface area contributed by atoms with Crippen molar-refractivity contribution in [1.29, 1.82) is 0 Å². The third kappa shape index (κ3) is 6.92. The van der Waals surface area contributed by atoms with Gasteiger partial charge in [0.05, 0.1) is 51.2 Å². The molecule has 0 saturated carbocycles. The van der Waals surface area contributed by atoms with E-state index in [4.69, 9.17) is 38.9 Å². The zero-order valence-electron chi connectivity index (χ0n) is 23.7. The Hall–Kier alpha value is -5.64. The highest BCUT2D eigenvalue weighted by Gasteiger charge is 2.25. The minimum Gasteiger partial charge on any atom is -0.497 e. The zero-order valence-corrected chi connectivity index (χ0v) is 23.7. The molecule has 10 heteroatoms. The number of piperazine rings is 1. The van der Waals surface area contributed by atoms with Gasteiger partial charge in [-0.1, -0.05) is 0 Å². The van der Waals surface area contributed by atoms with E-state index in [2.05, 4.69) is 10.6 Å². The fourth-order valence-electron chi connectivity index (χ4n) is 3.93. The maximum atomic E-state index is 5.30. The lowest BCUT2D eigenvalue weighted by Gasteiger charge is -2.24. The third-order valence-electron chi connectivity index (χ3n) is 6.18. The van der Waals surface area contributed by atoms with E-state index >= 15 is 0 Å². The van der Waals surface area contributed by atoms with E-state index in [1.165, 1.54) is 0 Å². The Bertz CT molecular complexity index is 1380. The van der Waals surface area contributed by atoms with Gasteiger partial charge < -0.3 is 29.6 Å². The number of amidine groups is 4. The van der Waals surface area contributed by atoms with Crippen LogP contribution in [-0.2, 0) is 0 Å². The zero-order chi connectivity index (χ0) is 29.3. The summed E-state index contributed by atoms with van der Waals surface area (Å²) < 4.78 is 21.2. The molecule has 1 aliphatic rings. The molecule has 2 N–H and O–H groups in total. The Balaban J connectivity index is 1.61. The SMILES string of the molecule is COc1ccc(N=C2NC(=Nc3ccc(OC)cc3)C(=Nc3ccc(OC)cc3)NC2=Nc2ccc(OC)cc2)cc1. The fourth-order valence-corrected chi connectivity index (χ4v) is 3.93. The molecule has 0 atom stereocenters. The average Bonchev–Trinajstić information content (AvgIpc) is 3.04. The minimum atomic E-state index is 0.455. The quantitative estimate of drug-likeness (QED) is 0.267. The van der Waals surface area contributed by atoms with E-state index in [1.54, 1.807) is 28.4 Å². The summed E-state index contributed by atoms with van der Waals surface area (Å²) >= 11 is 0. The van der Waals surface area contributed by atoms with Gasteiger partial charge in [-0.15, -0.1) is 0 Å². The molecule has 0 unspecified atom stereocenters. The molecule has 1 fully saturated rings. The van der Waals surface area contributed by atoms with Gasteiger partial charge in [-0.05, 0) is 97.1 Å². The molecule has 0 bridgehead atoms. The fraction of sp³-hybridized carbons (Fsp3) is 0.125. The van der Waals surface area contributed by atoms with Crippen LogP contribution in [0.2, 0.25) is 0 Å². The molecular weight excluding hydrogens is 532 g/mol. The van der Waals surface area contributed by atoms with Crippen LogP contribution < -0.4 is 29.6 Å². The van der Waals surface area contributed by atoms with Crippen molar-refractivity contribution in [3.63, 3.8) is 0 Å². The molecule has 0 spiro atoms. The maximum Gasteiger partial charge on any atom is 0.175 e. The van der Waals surface area contributed by atoms with Gasteiger partial charge in [0.2, 0.25) is 0 Å². The molecule has 0 aromatic heterocycles. The number of nitrogens with zero attached hydrogens (tertiary/aromatic N) is 4. The van der Waals surface area contributed by atoms with Crippen molar-refractivity contribution in [2.45, 2.75) is 0 Å². The number of aliphatic imine (C=N–C) groups is 4. The molecule has 10 nitrogen and oxygen atoms in total. The second-order valence-electron chi connectivity index (χ2n) is 8.88. The molecule has 0 radical (unpaired) electrons. The standard InChI is InChI=1S/C32H30N6O4/c1-39-25-13-5-21(6-14-25)33-29-30(34-22-7-15-26(40-2)16-8-22)38-32(36-24-11-19-28(42-4)20-12-24)31(37-29)35-23-9-17-27(41-3)18-10-23/h5-20H,1-4H3,(H,33,35,37)(H,34,36,38). The van der Waals surface area contributed by atoms with Gasteiger partial charge in [0, 0.05) is 0 Å². The monoisotopic (exact) mass is 562 g/mol. The van der Waals surface area contributed by atoms with Crippen LogP contribution in [0.3, 0.4) is 0 Å². The van der Waals surface area contributed by atoms with Crippen LogP contribution in [0.4, 0.5) is 22.7 Å². The van der Waals surface area contributed by atoms with Gasteiger partial charge in [-0.25, -0.2) is 20.0 Å². The summed E-state index contributed by atoms with van der Waals surface area (Å²) in [5.41, 5.74) is 2.78. The summed E-state index contributed by atoms with van der Waals surface area (Å²) in [5, 5.41) is 6.71. The van der Waals surface area contributed by atoms with Crippen molar-refractivity contribution < 1.29 is 18.9 Å². The van der Waals surface area contributed by atoms with Gasteiger partial charge in [0.1, 0.15) is 23.0 Å². The van der Waals surface area contributed by atoms with Crippen LogP contribution in [0.1, 0.15) is 0 Å². The molecule has 4 aromatic carbocycles. The highest BCUT2D eigenvalue weighted by Crippen LogP contribution is 2.23. The first-order valence-corrected chi connectivity index (χ1v) is 13.0. The van der Waals surface area contributed by atoms with Gasteiger partial charge >= 0.3 is 0 Å². The van der Waals surface area contributed by atoms with Gasteiger partial charge in [-0.2, -0.15) is 0 Å². The predicted octanol–water partition coefficient (Wildman–Crippen LogP) is 6.13. The Morgan fingerprint density at radius 3 is 0.690 bits per heavy atom. The van der Waals surface area contributed by atoms with Crippen LogP contribution in [0.15, 0.2) is 117 Å². The summed E-state index contributed by atoms with van der Waals surface area (Å²) in [5.74, 6) is 4.75. The first kappa shape index (κ1) is 27.9. The topological polar surface area (TPSA) is 110 Å². The molecule has 212 valence electrons. The summed E-state index contributed by atoms with van der Waals surface area (Å²) in [6, 6.07) is 29.7. The van der Waals surface area contributed by atoms with Crippen LogP contribution >= 0.6 is 0 Å². The first-order chi connectivity index (χ1) is 20.6. The molecule has 0 amide bonds. The second kappa shape index (κ2) is 13.1. The molecule has 1 aliphatic heterocycles. The van der Waals surface area contributed by atoms with Gasteiger partial charge in [-0.3, -0.25) is 0 Å². The van der Waals surface area contributed by atoms with Crippen LogP contribution in [0.5, 0.6) is 23.0 Å². The van der Waals surface area contributed by atoms with Crippen LogP contribution in [0, 0.1) is 0 Å². The van der Waals surface area contributed by atoms with Crippen molar-refractivity contribution in [2.24, 2.45) is 20.0 Å². The summed E-state index contributed by atoms with van der Waals surface area (Å²) in [4.78, 5) is 19.4. The lowest BCUT2D eigenvalue weighted by molar-refractivity contribution is 0.414. The predicted molar refractivity (Wildman–Crippen MR) is 167 cm³/mol. The summed E-state index contributed by atoms with van der Waals surface area (Å²) in [6.07, 6.45) is 0. The van der Waals surface area contributed by atoms with Gasteiger partial charge in [0.25, 0.3) is 0 Å². The van der Waals surface area contributed by atoms with Gasteiger partial charge in [0.15, 0.2) is 23.3 Å². The Kier molecular flexibility index (Phi) is 8.73. The molecule has 1 saturated heterocycles. The number of rotatable bonds is 8. The Labute approximate surface area is 244 Å². The lowest BCUT2D eigenvalue weighted by atomic mass is 10.2. The van der Waals surface area contributed by atoms with Crippen molar-refractivity contribution >= 4 is 46.1 Å². The van der Waals surface area contributed by atoms with E-state index in [-0.39, 0.29) is 0 Å². The van der Waals surface area contributed by atoms with Crippen molar-refractivity contribution in [1.82, 2.24) is 10.6 Å². The highest BCUT2D eigenvalue weighted by molar-refractivity contribution is 6.60.